The molecule has 0 bridgehead atoms. The topological polar surface area (TPSA) is 83.7 Å². The number of rotatable bonds is 5. The minimum Gasteiger partial charge on any atom is -0.459 e. The number of furan rings is 1. The number of amides is 2. The fourth-order valence-corrected chi connectivity index (χ4v) is 2.15. The van der Waals surface area contributed by atoms with E-state index >= 15 is 0 Å². The van der Waals surface area contributed by atoms with E-state index in [-0.39, 0.29) is 5.76 Å². The van der Waals surface area contributed by atoms with Gasteiger partial charge in [0.1, 0.15) is 0 Å². The molecule has 25 heavy (non-hydrogen) atoms. The first-order chi connectivity index (χ1) is 12.2. The van der Waals surface area contributed by atoms with Gasteiger partial charge in [0.05, 0.1) is 23.7 Å². The Bertz CT molecular complexity index is 887. The SMILES string of the molecule is O=C(Nc1ccccc1C(=O)NN=Cc1ccccc1)c1ccco1. The number of carbonyl (C=O) groups excluding carboxylic acids is 2. The molecule has 1 aromatic heterocycles. The van der Waals surface area contributed by atoms with Gasteiger partial charge in [-0.15, -0.1) is 0 Å². The maximum atomic E-state index is 12.3. The van der Waals surface area contributed by atoms with E-state index in [1.54, 1.807) is 42.6 Å². The van der Waals surface area contributed by atoms with Crippen molar-refractivity contribution < 1.29 is 14.0 Å². The third-order valence-corrected chi connectivity index (χ3v) is 3.34. The zero-order chi connectivity index (χ0) is 17.5. The van der Waals surface area contributed by atoms with E-state index in [1.807, 2.05) is 30.3 Å². The fraction of sp³-hybridized carbons (Fsp3) is 0. The van der Waals surface area contributed by atoms with Crippen molar-refractivity contribution in [3.63, 3.8) is 0 Å². The molecule has 0 atom stereocenters. The van der Waals surface area contributed by atoms with Crippen LogP contribution in [0, 0.1) is 0 Å². The van der Waals surface area contributed by atoms with E-state index in [4.69, 9.17) is 4.42 Å². The summed E-state index contributed by atoms with van der Waals surface area (Å²) in [6, 6.07) is 19.2. The molecule has 0 radical (unpaired) electrons. The Kier molecular flexibility index (Phi) is 5.01. The van der Waals surface area contributed by atoms with Crippen molar-refractivity contribution in [3.05, 3.63) is 89.9 Å². The summed E-state index contributed by atoms with van der Waals surface area (Å²) >= 11 is 0. The van der Waals surface area contributed by atoms with Crippen LogP contribution in [0.25, 0.3) is 0 Å². The van der Waals surface area contributed by atoms with E-state index in [0.29, 0.717) is 11.3 Å². The Hall–Kier alpha value is -3.67. The zero-order valence-electron chi connectivity index (χ0n) is 13.2. The highest BCUT2D eigenvalue weighted by Gasteiger charge is 2.14. The third-order valence-electron chi connectivity index (χ3n) is 3.34. The van der Waals surface area contributed by atoms with Gasteiger partial charge in [-0.2, -0.15) is 5.10 Å². The van der Waals surface area contributed by atoms with Crippen LogP contribution < -0.4 is 10.7 Å². The number of para-hydroxylation sites is 1. The first kappa shape index (κ1) is 16.2. The predicted octanol–water partition coefficient (Wildman–Crippen LogP) is 3.30. The number of nitrogens with zero attached hydrogens (tertiary/aromatic N) is 1. The van der Waals surface area contributed by atoms with Crippen LogP contribution in [0.2, 0.25) is 0 Å². The largest absolute Gasteiger partial charge is 0.459 e. The molecule has 3 rings (SSSR count). The smallest absolute Gasteiger partial charge is 0.291 e. The highest BCUT2D eigenvalue weighted by atomic mass is 16.3. The number of hydrazone groups is 1. The highest BCUT2D eigenvalue weighted by Crippen LogP contribution is 2.16. The lowest BCUT2D eigenvalue weighted by Crippen LogP contribution is -2.21. The van der Waals surface area contributed by atoms with Crippen LogP contribution in [0.1, 0.15) is 26.5 Å². The van der Waals surface area contributed by atoms with Crippen molar-refractivity contribution in [2.75, 3.05) is 5.32 Å². The van der Waals surface area contributed by atoms with E-state index in [1.165, 1.54) is 6.26 Å². The van der Waals surface area contributed by atoms with E-state index in [0.717, 1.165) is 5.56 Å². The maximum absolute atomic E-state index is 12.3. The van der Waals surface area contributed by atoms with Gasteiger partial charge in [0.2, 0.25) is 0 Å². The predicted molar refractivity (Wildman–Crippen MR) is 94.6 cm³/mol. The Morgan fingerprint density at radius 1 is 0.880 bits per heavy atom. The van der Waals surface area contributed by atoms with Crippen molar-refractivity contribution in [1.29, 1.82) is 0 Å². The van der Waals surface area contributed by atoms with Gasteiger partial charge in [-0.3, -0.25) is 9.59 Å². The summed E-state index contributed by atoms with van der Waals surface area (Å²) in [4.78, 5) is 24.4. The van der Waals surface area contributed by atoms with Crippen LogP contribution in [-0.4, -0.2) is 18.0 Å². The number of hydrogen-bond acceptors (Lipinski definition) is 4. The molecule has 0 unspecified atom stereocenters. The minimum absolute atomic E-state index is 0.164. The third kappa shape index (κ3) is 4.20. The molecule has 124 valence electrons. The maximum Gasteiger partial charge on any atom is 0.291 e. The second kappa shape index (κ2) is 7.74. The molecule has 6 heteroatoms. The first-order valence-corrected chi connectivity index (χ1v) is 7.56. The molecule has 2 aromatic carbocycles. The van der Waals surface area contributed by atoms with Crippen LogP contribution in [0.3, 0.4) is 0 Å². The van der Waals surface area contributed by atoms with Crippen molar-refractivity contribution in [2.24, 2.45) is 5.10 Å². The van der Waals surface area contributed by atoms with Gasteiger partial charge in [0.15, 0.2) is 5.76 Å². The molecule has 0 spiro atoms. The van der Waals surface area contributed by atoms with Crippen molar-refractivity contribution in [2.45, 2.75) is 0 Å². The summed E-state index contributed by atoms with van der Waals surface area (Å²) in [7, 11) is 0. The number of carbonyl (C=O) groups is 2. The van der Waals surface area contributed by atoms with Crippen LogP contribution in [0.15, 0.2) is 82.5 Å². The van der Waals surface area contributed by atoms with Crippen LogP contribution >= 0.6 is 0 Å². The van der Waals surface area contributed by atoms with Gasteiger partial charge < -0.3 is 9.73 Å². The summed E-state index contributed by atoms with van der Waals surface area (Å²) in [5.74, 6) is -0.696. The molecule has 0 saturated carbocycles. The van der Waals surface area contributed by atoms with E-state index in [9.17, 15) is 9.59 Å². The Morgan fingerprint density at radius 2 is 1.64 bits per heavy atom. The summed E-state index contributed by atoms with van der Waals surface area (Å²) < 4.78 is 5.05. The summed E-state index contributed by atoms with van der Waals surface area (Å²) in [5.41, 5.74) is 3.99. The van der Waals surface area contributed by atoms with Crippen molar-refractivity contribution in [1.82, 2.24) is 5.43 Å². The van der Waals surface area contributed by atoms with E-state index in [2.05, 4.69) is 15.8 Å². The number of nitrogens with one attached hydrogen (secondary N) is 2. The first-order valence-electron chi connectivity index (χ1n) is 7.56. The minimum atomic E-state index is -0.432. The average molecular weight is 333 g/mol. The summed E-state index contributed by atoms with van der Waals surface area (Å²) in [6.45, 7) is 0. The molecular weight excluding hydrogens is 318 g/mol. The van der Waals surface area contributed by atoms with Crippen molar-refractivity contribution >= 4 is 23.7 Å². The van der Waals surface area contributed by atoms with E-state index < -0.39 is 11.8 Å². The lowest BCUT2D eigenvalue weighted by molar-refractivity contribution is 0.0956. The number of anilines is 1. The van der Waals surface area contributed by atoms with Gasteiger partial charge in [0, 0.05) is 0 Å². The van der Waals surface area contributed by atoms with Gasteiger partial charge in [-0.05, 0) is 29.8 Å². The molecule has 0 aliphatic rings. The van der Waals surface area contributed by atoms with Gasteiger partial charge in [-0.1, -0.05) is 42.5 Å². The average Bonchev–Trinajstić information content (AvgIpc) is 3.18. The standard InChI is InChI=1S/C19H15N3O3/c23-18(22-20-13-14-7-2-1-3-8-14)15-9-4-5-10-16(15)21-19(24)17-11-6-12-25-17/h1-13H,(H,21,24)(H,22,23). The summed E-state index contributed by atoms with van der Waals surface area (Å²) in [6.07, 6.45) is 2.95. The second-order valence-corrected chi connectivity index (χ2v) is 5.09. The second-order valence-electron chi connectivity index (χ2n) is 5.09. The Labute approximate surface area is 144 Å². The lowest BCUT2D eigenvalue weighted by Gasteiger charge is -2.08. The monoisotopic (exact) mass is 333 g/mol. The Balaban J connectivity index is 1.70. The van der Waals surface area contributed by atoms with Crippen molar-refractivity contribution in [3.8, 4) is 0 Å². The number of benzene rings is 2. The molecule has 2 N–H and O–H groups in total. The number of hydrogen-bond donors (Lipinski definition) is 2. The van der Waals surface area contributed by atoms with Crippen LogP contribution in [0.4, 0.5) is 5.69 Å². The highest BCUT2D eigenvalue weighted by molar-refractivity contribution is 6.07. The molecule has 0 aliphatic heterocycles. The van der Waals surface area contributed by atoms with Gasteiger partial charge in [0.25, 0.3) is 11.8 Å². The molecule has 2 amide bonds. The fourth-order valence-electron chi connectivity index (χ4n) is 2.15. The molecule has 0 fully saturated rings. The molecule has 6 nitrogen and oxygen atoms in total. The van der Waals surface area contributed by atoms with Crippen LogP contribution in [-0.2, 0) is 0 Å². The summed E-state index contributed by atoms with van der Waals surface area (Å²) in [5, 5.41) is 6.59. The lowest BCUT2D eigenvalue weighted by atomic mass is 10.1. The van der Waals surface area contributed by atoms with Crippen LogP contribution in [0.5, 0.6) is 0 Å². The van der Waals surface area contributed by atoms with Gasteiger partial charge >= 0.3 is 0 Å². The molecule has 0 saturated heterocycles. The normalized spacial score (nSPS) is 10.6. The van der Waals surface area contributed by atoms with Gasteiger partial charge in [-0.25, -0.2) is 5.43 Å². The zero-order valence-corrected chi connectivity index (χ0v) is 13.2. The molecule has 0 aliphatic carbocycles. The quantitative estimate of drug-likeness (QED) is 0.555. The molecular formula is C19H15N3O3. The molecule has 3 aromatic rings. The molecule has 1 heterocycles. The Morgan fingerprint density at radius 3 is 2.40 bits per heavy atom.